The van der Waals surface area contributed by atoms with Crippen LogP contribution in [0.3, 0.4) is 0 Å². The number of benzene rings is 2. The normalized spacial score (nSPS) is 12.5. The van der Waals surface area contributed by atoms with E-state index in [0.717, 1.165) is 19.4 Å². The number of hydrogen-bond acceptors (Lipinski definition) is 6. The molecular formula is C29H28BrClN4O2S2. The number of nitrogens with zero attached hydrogens (tertiary/aromatic N) is 3. The van der Waals surface area contributed by atoms with Gasteiger partial charge in [-0.05, 0) is 61.3 Å². The van der Waals surface area contributed by atoms with E-state index < -0.39 is 6.04 Å². The van der Waals surface area contributed by atoms with E-state index in [2.05, 4.69) is 29.8 Å². The molecule has 0 spiro atoms. The number of carbonyl (C=O) groups excluding carboxylic acids is 1. The molecule has 10 heteroatoms. The van der Waals surface area contributed by atoms with Gasteiger partial charge in [0.1, 0.15) is 10.5 Å². The summed E-state index contributed by atoms with van der Waals surface area (Å²) < 4.78 is 4.90. The maximum Gasteiger partial charge on any atom is 0.271 e. The lowest BCUT2D eigenvalue weighted by atomic mass is 9.99. The topological polar surface area (TPSA) is 81.2 Å². The zero-order chi connectivity index (χ0) is 27.7. The number of amides is 1. The molecule has 1 amide bonds. The van der Waals surface area contributed by atoms with Crippen LogP contribution in [0, 0.1) is 5.92 Å². The summed E-state index contributed by atoms with van der Waals surface area (Å²) in [6.07, 6.45) is 0.625. The van der Waals surface area contributed by atoms with Crippen LogP contribution in [0.4, 0.5) is 0 Å². The molecule has 39 heavy (non-hydrogen) atoms. The Kier molecular flexibility index (Phi) is 8.54. The van der Waals surface area contributed by atoms with E-state index in [0.29, 0.717) is 52.0 Å². The van der Waals surface area contributed by atoms with Crippen LogP contribution in [0.15, 0.2) is 69.9 Å². The molecule has 0 fully saturated rings. The van der Waals surface area contributed by atoms with Crippen LogP contribution in [-0.2, 0) is 6.54 Å². The zero-order valence-electron chi connectivity index (χ0n) is 21.6. The summed E-state index contributed by atoms with van der Waals surface area (Å²) in [5, 5.41) is 0.942. The molecule has 2 aromatic carbocycles. The highest BCUT2D eigenvalue weighted by Gasteiger charge is 2.33. The number of rotatable bonds is 9. The quantitative estimate of drug-likeness (QED) is 0.182. The number of thiophene rings is 2. The number of halogens is 2. The lowest BCUT2D eigenvalue weighted by Crippen LogP contribution is -2.42. The van der Waals surface area contributed by atoms with Crippen LogP contribution in [-0.4, -0.2) is 33.4 Å². The van der Waals surface area contributed by atoms with Crippen molar-refractivity contribution in [3.63, 3.8) is 0 Å². The SMILES string of the molecule is CC(C)C(c1nc2c(sc3ccccc32)c(=O)n1Cc1ccc(Cl)s1)N(CCCN)C(=O)c1ccc(Br)cc1. The maximum atomic E-state index is 14.1. The average Bonchev–Trinajstić information content (AvgIpc) is 3.51. The average molecular weight is 644 g/mol. The molecule has 1 unspecified atom stereocenters. The van der Waals surface area contributed by atoms with E-state index in [1.165, 1.54) is 22.7 Å². The van der Waals surface area contributed by atoms with Gasteiger partial charge >= 0.3 is 0 Å². The second-order valence-corrected chi connectivity index (χ2v) is 13.4. The van der Waals surface area contributed by atoms with Crippen molar-refractivity contribution in [1.29, 1.82) is 0 Å². The molecular weight excluding hydrogens is 616 g/mol. The molecule has 3 heterocycles. The first kappa shape index (κ1) is 28.0. The van der Waals surface area contributed by atoms with E-state index in [4.69, 9.17) is 22.3 Å². The minimum atomic E-state index is -0.459. The van der Waals surface area contributed by atoms with E-state index >= 15 is 0 Å². The Morgan fingerprint density at radius 1 is 1.10 bits per heavy atom. The first-order chi connectivity index (χ1) is 18.8. The van der Waals surface area contributed by atoms with Gasteiger partial charge in [0, 0.05) is 31.5 Å². The Bertz CT molecular complexity index is 1690. The second-order valence-electron chi connectivity index (χ2n) is 9.68. The fourth-order valence-electron chi connectivity index (χ4n) is 4.84. The molecule has 0 aliphatic rings. The van der Waals surface area contributed by atoms with Gasteiger partial charge in [-0.3, -0.25) is 14.2 Å². The van der Waals surface area contributed by atoms with Gasteiger partial charge in [0.25, 0.3) is 11.5 Å². The van der Waals surface area contributed by atoms with E-state index in [1.54, 1.807) is 4.57 Å². The van der Waals surface area contributed by atoms with Gasteiger partial charge in [-0.15, -0.1) is 22.7 Å². The van der Waals surface area contributed by atoms with Gasteiger partial charge in [0.15, 0.2) is 0 Å². The van der Waals surface area contributed by atoms with Crippen molar-refractivity contribution in [2.45, 2.75) is 32.9 Å². The Labute approximate surface area is 248 Å². The van der Waals surface area contributed by atoms with Gasteiger partial charge in [-0.1, -0.05) is 59.6 Å². The van der Waals surface area contributed by atoms with Crippen molar-refractivity contribution >= 4 is 76.4 Å². The third-order valence-corrected chi connectivity index (χ3v) is 9.53. The fourth-order valence-corrected chi connectivity index (χ4v) is 7.28. The maximum absolute atomic E-state index is 14.1. The molecule has 2 N–H and O–H groups in total. The molecule has 1 atom stereocenters. The summed E-state index contributed by atoms with van der Waals surface area (Å²) in [4.78, 5) is 36.1. The molecule has 3 aromatic heterocycles. The first-order valence-corrected chi connectivity index (χ1v) is 15.5. The van der Waals surface area contributed by atoms with Gasteiger partial charge in [0.05, 0.1) is 22.4 Å². The van der Waals surface area contributed by atoms with Crippen LogP contribution < -0.4 is 11.3 Å². The van der Waals surface area contributed by atoms with Crippen LogP contribution >= 0.6 is 50.2 Å². The molecule has 0 aliphatic carbocycles. The highest BCUT2D eigenvalue weighted by molar-refractivity contribution is 9.10. The summed E-state index contributed by atoms with van der Waals surface area (Å²) in [6, 6.07) is 18.6. The summed E-state index contributed by atoms with van der Waals surface area (Å²) >= 11 is 12.6. The van der Waals surface area contributed by atoms with E-state index in [9.17, 15) is 9.59 Å². The fraction of sp³-hybridized carbons (Fsp3) is 0.276. The third kappa shape index (κ3) is 5.69. The largest absolute Gasteiger partial charge is 0.330 e. The molecule has 5 aromatic rings. The highest BCUT2D eigenvalue weighted by atomic mass is 79.9. The Morgan fingerprint density at radius 2 is 1.85 bits per heavy atom. The number of nitrogens with two attached hydrogens (primary N) is 1. The number of aromatic nitrogens is 2. The Balaban J connectivity index is 1.74. The van der Waals surface area contributed by atoms with Crippen LogP contribution in [0.2, 0.25) is 4.34 Å². The minimum absolute atomic E-state index is 0.0328. The Hall–Kier alpha value is -2.56. The van der Waals surface area contributed by atoms with Gasteiger partial charge < -0.3 is 10.6 Å². The van der Waals surface area contributed by atoms with Crippen LogP contribution in [0.1, 0.15) is 47.4 Å². The molecule has 0 aliphatic heterocycles. The smallest absolute Gasteiger partial charge is 0.271 e. The van der Waals surface area contributed by atoms with E-state index in [1.807, 2.05) is 65.6 Å². The second kappa shape index (κ2) is 11.9. The Morgan fingerprint density at radius 3 is 2.51 bits per heavy atom. The predicted octanol–water partition coefficient (Wildman–Crippen LogP) is 7.33. The standard InChI is InChI=1S/C29H28BrClN4O2S2/c1-17(2)25(34(15-5-14-32)28(36)18-8-10-19(30)11-9-18)27-33-24-21-6-3-4-7-22(21)39-26(24)29(37)35(27)16-20-12-13-23(31)38-20/h3-4,6-13,17,25H,5,14-16,32H2,1-2H3. The van der Waals surface area contributed by atoms with Crippen molar-refractivity contribution in [2.75, 3.05) is 13.1 Å². The summed E-state index contributed by atoms with van der Waals surface area (Å²) in [5.41, 5.74) is 7.05. The summed E-state index contributed by atoms with van der Waals surface area (Å²) in [6.45, 7) is 5.32. The van der Waals surface area contributed by atoms with Crippen molar-refractivity contribution < 1.29 is 4.79 Å². The number of carbonyl (C=O) groups is 1. The number of fused-ring (bicyclic) bond motifs is 3. The van der Waals surface area contributed by atoms with Gasteiger partial charge in [-0.2, -0.15) is 0 Å². The molecule has 5 rings (SSSR count). The summed E-state index contributed by atoms with van der Waals surface area (Å²) in [5.74, 6) is 0.414. The molecule has 0 radical (unpaired) electrons. The first-order valence-electron chi connectivity index (χ1n) is 12.7. The van der Waals surface area contributed by atoms with Crippen LogP contribution in [0.25, 0.3) is 20.3 Å². The minimum Gasteiger partial charge on any atom is -0.330 e. The molecule has 6 nitrogen and oxygen atoms in total. The zero-order valence-corrected chi connectivity index (χ0v) is 25.5. The molecule has 0 bridgehead atoms. The highest BCUT2D eigenvalue weighted by Crippen LogP contribution is 2.35. The van der Waals surface area contributed by atoms with Gasteiger partial charge in [-0.25, -0.2) is 4.98 Å². The lowest BCUT2D eigenvalue weighted by molar-refractivity contribution is 0.0603. The van der Waals surface area contributed by atoms with Crippen molar-refractivity contribution in [2.24, 2.45) is 11.7 Å². The predicted molar refractivity (Wildman–Crippen MR) is 166 cm³/mol. The summed E-state index contributed by atoms with van der Waals surface area (Å²) in [7, 11) is 0. The van der Waals surface area contributed by atoms with E-state index in [-0.39, 0.29) is 17.4 Å². The van der Waals surface area contributed by atoms with Crippen molar-refractivity contribution in [3.05, 3.63) is 96.1 Å². The van der Waals surface area contributed by atoms with Crippen molar-refractivity contribution in [3.8, 4) is 0 Å². The lowest BCUT2D eigenvalue weighted by Gasteiger charge is -2.35. The third-order valence-electron chi connectivity index (χ3n) is 6.64. The molecule has 0 saturated carbocycles. The van der Waals surface area contributed by atoms with Crippen molar-refractivity contribution in [1.82, 2.24) is 14.5 Å². The number of hydrogen-bond donors (Lipinski definition) is 1. The van der Waals surface area contributed by atoms with Gasteiger partial charge in [0.2, 0.25) is 0 Å². The monoisotopic (exact) mass is 642 g/mol. The van der Waals surface area contributed by atoms with Crippen LogP contribution in [0.5, 0.6) is 0 Å². The molecule has 202 valence electrons. The molecule has 0 saturated heterocycles.